The van der Waals surface area contributed by atoms with Crippen molar-refractivity contribution in [3.8, 4) is 11.5 Å². The summed E-state index contributed by atoms with van der Waals surface area (Å²) in [4.78, 5) is 12.4. The SMILES string of the molecule is CS(=O)(=O)c1cccc(C(=O)OCc2ccccc2Oc2ccccc2)c1. The van der Waals surface area contributed by atoms with Crippen molar-refractivity contribution >= 4 is 15.8 Å². The van der Waals surface area contributed by atoms with Gasteiger partial charge in [-0.25, -0.2) is 13.2 Å². The van der Waals surface area contributed by atoms with Crippen molar-refractivity contribution in [3.63, 3.8) is 0 Å². The van der Waals surface area contributed by atoms with Crippen molar-refractivity contribution in [2.75, 3.05) is 6.26 Å². The zero-order chi connectivity index (χ0) is 19.3. The Labute approximate surface area is 158 Å². The average molecular weight is 382 g/mol. The third-order valence-corrected chi connectivity index (χ3v) is 4.91. The number of ether oxygens (including phenoxy) is 2. The van der Waals surface area contributed by atoms with Gasteiger partial charge in [-0.3, -0.25) is 0 Å². The summed E-state index contributed by atoms with van der Waals surface area (Å²) in [6, 6.07) is 22.3. The first kappa shape index (κ1) is 18.7. The van der Waals surface area contributed by atoms with E-state index in [0.29, 0.717) is 17.1 Å². The van der Waals surface area contributed by atoms with E-state index in [9.17, 15) is 13.2 Å². The van der Waals surface area contributed by atoms with Gasteiger partial charge in [-0.2, -0.15) is 0 Å². The molecule has 0 aliphatic rings. The number of benzene rings is 3. The van der Waals surface area contributed by atoms with Crippen molar-refractivity contribution in [2.24, 2.45) is 0 Å². The van der Waals surface area contributed by atoms with E-state index in [1.807, 2.05) is 42.5 Å². The van der Waals surface area contributed by atoms with Crippen LogP contribution in [0.3, 0.4) is 0 Å². The van der Waals surface area contributed by atoms with E-state index in [0.717, 1.165) is 6.26 Å². The minimum absolute atomic E-state index is 0.00490. The lowest BCUT2D eigenvalue weighted by atomic mass is 10.2. The lowest BCUT2D eigenvalue weighted by molar-refractivity contribution is 0.0470. The van der Waals surface area contributed by atoms with E-state index >= 15 is 0 Å². The molecule has 3 aromatic rings. The van der Waals surface area contributed by atoms with E-state index in [4.69, 9.17) is 9.47 Å². The maximum absolute atomic E-state index is 12.3. The molecule has 0 fully saturated rings. The summed E-state index contributed by atoms with van der Waals surface area (Å²) in [7, 11) is -3.40. The number of sulfone groups is 1. The van der Waals surface area contributed by atoms with Crippen LogP contribution in [0.15, 0.2) is 83.8 Å². The molecule has 0 radical (unpaired) electrons. The molecule has 0 N–H and O–H groups in total. The van der Waals surface area contributed by atoms with Crippen molar-refractivity contribution in [1.29, 1.82) is 0 Å². The topological polar surface area (TPSA) is 69.7 Å². The van der Waals surface area contributed by atoms with Gasteiger partial charge >= 0.3 is 5.97 Å². The summed E-state index contributed by atoms with van der Waals surface area (Å²) < 4.78 is 34.5. The molecule has 0 amide bonds. The fourth-order valence-electron chi connectivity index (χ4n) is 2.42. The lowest BCUT2D eigenvalue weighted by Gasteiger charge is -2.12. The smallest absolute Gasteiger partial charge is 0.338 e. The highest BCUT2D eigenvalue weighted by molar-refractivity contribution is 7.90. The van der Waals surface area contributed by atoms with Gasteiger partial charge in [-0.1, -0.05) is 42.5 Å². The van der Waals surface area contributed by atoms with E-state index in [-0.39, 0.29) is 17.1 Å². The molecule has 0 heterocycles. The molecular formula is C21H18O5S. The number of para-hydroxylation sites is 2. The van der Waals surface area contributed by atoms with Crippen LogP contribution in [-0.2, 0) is 21.2 Å². The Kier molecular flexibility index (Phi) is 5.57. The molecule has 3 aromatic carbocycles. The van der Waals surface area contributed by atoms with Crippen LogP contribution in [0.2, 0.25) is 0 Å². The number of hydrogen-bond acceptors (Lipinski definition) is 5. The first-order valence-electron chi connectivity index (χ1n) is 8.21. The first-order chi connectivity index (χ1) is 12.9. The van der Waals surface area contributed by atoms with E-state index in [1.54, 1.807) is 12.1 Å². The Bertz CT molecular complexity index is 1040. The second-order valence-corrected chi connectivity index (χ2v) is 7.91. The third-order valence-electron chi connectivity index (χ3n) is 3.80. The predicted octanol–water partition coefficient (Wildman–Crippen LogP) is 4.24. The van der Waals surface area contributed by atoms with Gasteiger partial charge in [0.05, 0.1) is 10.5 Å². The summed E-state index contributed by atoms with van der Waals surface area (Å²) in [6.07, 6.45) is 1.09. The van der Waals surface area contributed by atoms with Crippen LogP contribution in [0.5, 0.6) is 11.5 Å². The quantitative estimate of drug-likeness (QED) is 0.597. The molecule has 0 atom stereocenters. The van der Waals surface area contributed by atoms with Gasteiger partial charge in [0.2, 0.25) is 0 Å². The number of carbonyl (C=O) groups excluding carboxylic acids is 1. The van der Waals surface area contributed by atoms with Gasteiger partial charge in [0.25, 0.3) is 0 Å². The zero-order valence-electron chi connectivity index (χ0n) is 14.7. The van der Waals surface area contributed by atoms with Crippen LogP contribution in [-0.4, -0.2) is 20.6 Å². The molecule has 0 spiro atoms. The summed E-state index contributed by atoms with van der Waals surface area (Å²) >= 11 is 0. The van der Waals surface area contributed by atoms with E-state index in [2.05, 4.69) is 0 Å². The fourth-order valence-corrected chi connectivity index (χ4v) is 3.09. The van der Waals surface area contributed by atoms with Crippen LogP contribution in [0.25, 0.3) is 0 Å². The monoisotopic (exact) mass is 382 g/mol. The maximum atomic E-state index is 12.3. The lowest BCUT2D eigenvalue weighted by Crippen LogP contribution is -2.07. The molecule has 0 bridgehead atoms. The molecule has 0 aliphatic heterocycles. The number of hydrogen-bond donors (Lipinski definition) is 0. The Morgan fingerprint density at radius 1 is 0.889 bits per heavy atom. The molecule has 0 aliphatic carbocycles. The molecule has 5 nitrogen and oxygen atoms in total. The first-order valence-corrected chi connectivity index (χ1v) is 10.1. The summed E-state index contributed by atoms with van der Waals surface area (Å²) in [6.45, 7) is 0.00490. The maximum Gasteiger partial charge on any atom is 0.338 e. The Morgan fingerprint density at radius 3 is 2.33 bits per heavy atom. The summed E-state index contributed by atoms with van der Waals surface area (Å²) in [5.41, 5.74) is 0.883. The van der Waals surface area contributed by atoms with Gasteiger partial charge in [-0.15, -0.1) is 0 Å². The standard InChI is InChI=1S/C21H18O5S/c1-27(23,24)19-12-7-9-16(14-19)21(22)25-15-17-8-5-6-13-20(17)26-18-10-3-2-4-11-18/h2-14H,15H2,1H3. The molecule has 6 heteroatoms. The Hall–Kier alpha value is -3.12. The van der Waals surface area contributed by atoms with Crippen LogP contribution in [0.4, 0.5) is 0 Å². The molecule has 0 aromatic heterocycles. The fraction of sp³-hybridized carbons (Fsp3) is 0.0952. The van der Waals surface area contributed by atoms with Crippen molar-refractivity contribution in [3.05, 3.63) is 90.0 Å². The highest BCUT2D eigenvalue weighted by Crippen LogP contribution is 2.26. The van der Waals surface area contributed by atoms with Gasteiger partial charge in [0.1, 0.15) is 18.1 Å². The largest absolute Gasteiger partial charge is 0.457 e. The number of rotatable bonds is 6. The van der Waals surface area contributed by atoms with Crippen molar-refractivity contribution in [2.45, 2.75) is 11.5 Å². The van der Waals surface area contributed by atoms with Crippen molar-refractivity contribution in [1.82, 2.24) is 0 Å². The Morgan fingerprint density at radius 2 is 1.59 bits per heavy atom. The number of carbonyl (C=O) groups is 1. The van der Waals surface area contributed by atoms with Crippen LogP contribution >= 0.6 is 0 Å². The molecule has 0 unspecified atom stereocenters. The third kappa shape index (κ3) is 4.95. The highest BCUT2D eigenvalue weighted by atomic mass is 32.2. The summed E-state index contributed by atoms with van der Waals surface area (Å²) in [5, 5.41) is 0. The second kappa shape index (κ2) is 8.05. The molecule has 27 heavy (non-hydrogen) atoms. The number of esters is 1. The molecule has 0 saturated carbocycles. The average Bonchev–Trinajstić information content (AvgIpc) is 2.67. The molecule has 0 saturated heterocycles. The minimum atomic E-state index is -3.40. The normalized spacial score (nSPS) is 11.0. The van der Waals surface area contributed by atoms with Crippen LogP contribution in [0.1, 0.15) is 15.9 Å². The zero-order valence-corrected chi connectivity index (χ0v) is 15.5. The Balaban J connectivity index is 1.73. The van der Waals surface area contributed by atoms with E-state index in [1.165, 1.54) is 24.3 Å². The van der Waals surface area contributed by atoms with E-state index < -0.39 is 15.8 Å². The van der Waals surface area contributed by atoms with Crippen LogP contribution < -0.4 is 4.74 Å². The molecular weight excluding hydrogens is 364 g/mol. The van der Waals surface area contributed by atoms with Crippen LogP contribution in [0, 0.1) is 0 Å². The predicted molar refractivity (Wildman–Crippen MR) is 102 cm³/mol. The second-order valence-electron chi connectivity index (χ2n) is 5.90. The van der Waals surface area contributed by atoms with Gasteiger partial charge in [0, 0.05) is 11.8 Å². The van der Waals surface area contributed by atoms with Gasteiger partial charge < -0.3 is 9.47 Å². The highest BCUT2D eigenvalue weighted by Gasteiger charge is 2.14. The summed E-state index contributed by atoms with van der Waals surface area (Å²) in [5.74, 6) is 0.661. The molecule has 138 valence electrons. The minimum Gasteiger partial charge on any atom is -0.457 e. The van der Waals surface area contributed by atoms with Gasteiger partial charge in [0.15, 0.2) is 9.84 Å². The molecule has 3 rings (SSSR count). The van der Waals surface area contributed by atoms with Gasteiger partial charge in [-0.05, 0) is 36.4 Å². The van der Waals surface area contributed by atoms with Crippen molar-refractivity contribution < 1.29 is 22.7 Å².